The van der Waals surface area contributed by atoms with Gasteiger partial charge in [0.05, 0.1) is 0 Å². The van der Waals surface area contributed by atoms with Crippen LogP contribution in [0.2, 0.25) is 0 Å². The van der Waals surface area contributed by atoms with E-state index in [1.807, 2.05) is 19.1 Å². The summed E-state index contributed by atoms with van der Waals surface area (Å²) in [5, 5.41) is 9.16. The van der Waals surface area contributed by atoms with E-state index in [0.717, 1.165) is 5.56 Å². The van der Waals surface area contributed by atoms with E-state index in [9.17, 15) is 14.2 Å². The summed E-state index contributed by atoms with van der Waals surface area (Å²) >= 11 is 0. The summed E-state index contributed by atoms with van der Waals surface area (Å²) in [7, 11) is -10.8. The third-order valence-electron chi connectivity index (χ3n) is 3.11. The Morgan fingerprint density at radius 1 is 1.10 bits per heavy atom. The lowest BCUT2D eigenvalue weighted by atomic mass is 10.1. The van der Waals surface area contributed by atoms with Crippen LogP contribution in [-0.4, -0.2) is 36.3 Å². The molecule has 0 saturated carbocycles. The van der Waals surface area contributed by atoms with Crippen molar-refractivity contribution < 1.29 is 33.8 Å². The van der Waals surface area contributed by atoms with Crippen LogP contribution in [0.5, 0.6) is 0 Å². The summed E-state index contributed by atoms with van der Waals surface area (Å²) in [5.74, 6) is 0. The minimum Gasteiger partial charge on any atom is -0.385 e. The number of hydrogen-bond donors (Lipinski definition) is 6. The maximum absolute atomic E-state index is 11.2. The molecular formula is C11H19NO7P2. The van der Waals surface area contributed by atoms with Crippen LogP contribution in [-0.2, 0) is 15.6 Å². The molecule has 8 nitrogen and oxygen atoms in total. The third-order valence-corrected chi connectivity index (χ3v) is 6.98. The Kier molecular flexibility index (Phi) is 5.75. The van der Waals surface area contributed by atoms with Gasteiger partial charge in [0.2, 0.25) is 0 Å². The van der Waals surface area contributed by atoms with Gasteiger partial charge in [-0.05, 0) is 18.1 Å². The fourth-order valence-electron chi connectivity index (χ4n) is 1.83. The van der Waals surface area contributed by atoms with Crippen LogP contribution < -0.4 is 5.32 Å². The molecule has 1 rings (SSSR count). The molecule has 0 heterocycles. The molecule has 0 unspecified atom stereocenters. The number of aryl methyl sites for hydroxylation is 1. The molecule has 1 aromatic carbocycles. The monoisotopic (exact) mass is 339 g/mol. The average Bonchev–Trinajstić information content (AvgIpc) is 2.36. The second-order valence-electron chi connectivity index (χ2n) is 4.55. The molecule has 0 aliphatic heterocycles. The van der Waals surface area contributed by atoms with Gasteiger partial charge in [-0.3, -0.25) is 9.13 Å². The van der Waals surface area contributed by atoms with Crippen molar-refractivity contribution >= 4 is 20.9 Å². The quantitative estimate of drug-likeness (QED) is 0.404. The maximum atomic E-state index is 11.2. The first-order chi connectivity index (χ1) is 9.53. The van der Waals surface area contributed by atoms with Gasteiger partial charge in [-0.2, -0.15) is 0 Å². The van der Waals surface area contributed by atoms with Crippen molar-refractivity contribution in [3.63, 3.8) is 0 Å². The Bertz CT molecular complexity index is 558. The van der Waals surface area contributed by atoms with E-state index in [0.29, 0.717) is 12.1 Å². The first-order valence-corrected chi connectivity index (χ1v) is 9.41. The predicted molar refractivity (Wildman–Crippen MR) is 78.0 cm³/mol. The van der Waals surface area contributed by atoms with Gasteiger partial charge in [-0.1, -0.05) is 25.1 Å². The molecule has 0 atom stereocenters. The number of aliphatic hydroxyl groups is 1. The first kappa shape index (κ1) is 18.3. The fraction of sp³-hybridized carbons (Fsp3) is 0.455. The minimum absolute atomic E-state index is 0.205. The van der Waals surface area contributed by atoms with Gasteiger partial charge in [-0.15, -0.1) is 0 Å². The van der Waals surface area contributed by atoms with Crippen LogP contribution >= 0.6 is 15.2 Å². The number of benzene rings is 1. The fourth-order valence-corrected chi connectivity index (χ4v) is 3.99. The van der Waals surface area contributed by atoms with E-state index < -0.39 is 26.7 Å². The first-order valence-electron chi connectivity index (χ1n) is 6.18. The van der Waals surface area contributed by atoms with Gasteiger partial charge in [-0.25, -0.2) is 0 Å². The Hall–Kier alpha value is -0.720. The molecule has 0 aliphatic carbocycles. The molecule has 0 saturated heterocycles. The molecule has 0 aromatic heterocycles. The summed E-state index contributed by atoms with van der Waals surface area (Å²) in [6, 6.07) is 7.15. The molecule has 0 radical (unpaired) electrons. The third kappa shape index (κ3) is 4.14. The molecule has 0 spiro atoms. The second kappa shape index (κ2) is 6.58. The predicted octanol–water partition coefficient (Wildman–Crippen LogP) is 1.05. The van der Waals surface area contributed by atoms with Crippen molar-refractivity contribution in [1.29, 1.82) is 0 Å². The van der Waals surface area contributed by atoms with E-state index in [1.54, 1.807) is 12.1 Å². The van der Waals surface area contributed by atoms with Gasteiger partial charge in [0.25, 0.3) is 5.08 Å². The number of nitrogens with one attached hydrogen (secondary N) is 1. The molecular weight excluding hydrogens is 320 g/mol. The average molecular weight is 339 g/mol. The lowest BCUT2D eigenvalue weighted by Crippen LogP contribution is -2.31. The molecule has 120 valence electrons. The number of hydrogen-bond acceptors (Lipinski definition) is 4. The largest absolute Gasteiger partial charge is 0.385 e. The number of rotatable bonds is 7. The molecule has 0 bridgehead atoms. The van der Waals surface area contributed by atoms with Gasteiger partial charge in [0.1, 0.15) is 0 Å². The molecule has 0 amide bonds. The second-order valence-corrected chi connectivity index (χ2v) is 8.56. The van der Waals surface area contributed by atoms with Crippen LogP contribution in [0.4, 0.5) is 5.69 Å². The van der Waals surface area contributed by atoms with Crippen LogP contribution in [0.3, 0.4) is 0 Å². The summed E-state index contributed by atoms with van der Waals surface area (Å²) in [6.07, 6.45) is -0.0793. The SMILES string of the molecule is CCc1ccccc1NCCC(O)(P(=O)(O)O)P(=O)(O)O. The minimum atomic E-state index is -5.40. The summed E-state index contributed by atoms with van der Waals surface area (Å²) in [4.78, 5) is 36.0. The summed E-state index contributed by atoms with van der Waals surface area (Å²) in [6.45, 7) is 1.71. The Balaban J connectivity index is 2.86. The molecule has 1 aromatic rings. The van der Waals surface area contributed by atoms with Gasteiger partial charge in [0, 0.05) is 18.7 Å². The van der Waals surface area contributed by atoms with E-state index in [1.165, 1.54) is 0 Å². The van der Waals surface area contributed by atoms with Crippen LogP contribution in [0.15, 0.2) is 24.3 Å². The molecule has 10 heteroatoms. The van der Waals surface area contributed by atoms with E-state index in [-0.39, 0.29) is 6.54 Å². The zero-order valence-electron chi connectivity index (χ0n) is 11.4. The highest BCUT2D eigenvalue weighted by molar-refractivity contribution is 7.72. The van der Waals surface area contributed by atoms with Crippen molar-refractivity contribution in [2.75, 3.05) is 11.9 Å². The van der Waals surface area contributed by atoms with Gasteiger partial charge >= 0.3 is 15.2 Å². The Morgan fingerprint density at radius 2 is 1.62 bits per heavy atom. The van der Waals surface area contributed by atoms with Crippen molar-refractivity contribution in [1.82, 2.24) is 0 Å². The van der Waals surface area contributed by atoms with Crippen molar-refractivity contribution in [2.24, 2.45) is 0 Å². The molecule has 0 fully saturated rings. The number of para-hydroxylation sites is 1. The van der Waals surface area contributed by atoms with Crippen LogP contribution in [0.25, 0.3) is 0 Å². The van der Waals surface area contributed by atoms with Crippen LogP contribution in [0.1, 0.15) is 18.9 Å². The van der Waals surface area contributed by atoms with E-state index in [2.05, 4.69) is 5.32 Å². The van der Waals surface area contributed by atoms with E-state index in [4.69, 9.17) is 19.6 Å². The lowest BCUT2D eigenvalue weighted by Gasteiger charge is -2.29. The van der Waals surface area contributed by atoms with Gasteiger partial charge in [0.15, 0.2) is 0 Å². The highest BCUT2D eigenvalue weighted by Crippen LogP contribution is 2.68. The Labute approximate surface area is 122 Å². The molecule has 21 heavy (non-hydrogen) atoms. The highest BCUT2D eigenvalue weighted by Gasteiger charge is 2.58. The zero-order chi connectivity index (χ0) is 16.3. The van der Waals surface area contributed by atoms with Gasteiger partial charge < -0.3 is 30.0 Å². The lowest BCUT2D eigenvalue weighted by molar-refractivity contribution is 0.126. The molecule has 6 N–H and O–H groups in total. The molecule has 0 aliphatic rings. The van der Waals surface area contributed by atoms with Crippen molar-refractivity contribution in [3.8, 4) is 0 Å². The van der Waals surface area contributed by atoms with Crippen molar-refractivity contribution in [2.45, 2.75) is 24.8 Å². The Morgan fingerprint density at radius 3 is 2.10 bits per heavy atom. The highest BCUT2D eigenvalue weighted by atomic mass is 31.2. The maximum Gasteiger partial charge on any atom is 0.369 e. The summed E-state index contributed by atoms with van der Waals surface area (Å²) < 4.78 is 22.4. The number of anilines is 1. The smallest absolute Gasteiger partial charge is 0.369 e. The van der Waals surface area contributed by atoms with Crippen LogP contribution in [0, 0.1) is 0 Å². The van der Waals surface area contributed by atoms with E-state index >= 15 is 0 Å². The van der Waals surface area contributed by atoms with Crippen molar-refractivity contribution in [3.05, 3.63) is 29.8 Å². The standard InChI is InChI=1S/C11H19NO7P2/c1-2-9-5-3-4-6-10(9)12-8-7-11(13,20(14,15)16)21(17,18)19/h3-6,12-13H,2,7-8H2,1H3,(H2,14,15,16)(H2,17,18,19). The summed E-state index contributed by atoms with van der Waals surface area (Å²) in [5.41, 5.74) is 1.62. The topological polar surface area (TPSA) is 147 Å². The normalized spacial score (nSPS) is 13.2. The zero-order valence-corrected chi connectivity index (χ0v) is 13.2.